The van der Waals surface area contributed by atoms with Gasteiger partial charge in [-0.25, -0.2) is 0 Å². The molecule has 2 aromatic rings. The van der Waals surface area contributed by atoms with Crippen LogP contribution in [0.5, 0.6) is 0 Å². The molecule has 0 radical (unpaired) electrons. The summed E-state index contributed by atoms with van der Waals surface area (Å²) in [5.41, 5.74) is 1.20. The maximum absolute atomic E-state index is 11.8. The number of aliphatic carboxylic acids is 1. The fraction of sp³-hybridized carbons (Fsp3) is 0.294. The number of carboxylic acids is 1. The van der Waals surface area contributed by atoms with E-state index in [4.69, 9.17) is 5.11 Å². The van der Waals surface area contributed by atoms with E-state index in [-0.39, 0.29) is 18.7 Å². The number of carbonyl (C=O) groups excluding carboxylic acids is 1. The Hall–Kier alpha value is -2.36. The zero-order valence-corrected chi connectivity index (χ0v) is 12.1. The van der Waals surface area contributed by atoms with Crippen molar-refractivity contribution in [3.8, 4) is 0 Å². The Morgan fingerprint density at radius 1 is 1.05 bits per heavy atom. The van der Waals surface area contributed by atoms with E-state index in [2.05, 4.69) is 24.3 Å². The smallest absolute Gasteiger partial charge is 0.303 e. The van der Waals surface area contributed by atoms with E-state index in [1.807, 2.05) is 18.2 Å². The van der Waals surface area contributed by atoms with Crippen molar-refractivity contribution in [1.29, 1.82) is 0 Å². The van der Waals surface area contributed by atoms with Crippen molar-refractivity contribution >= 4 is 22.6 Å². The number of amides is 1. The minimum absolute atomic E-state index is 0.0569. The number of nitrogens with zero attached hydrogens (tertiary/aromatic N) is 1. The summed E-state index contributed by atoms with van der Waals surface area (Å²) < 4.78 is 0. The number of hydrogen-bond acceptors (Lipinski definition) is 2. The van der Waals surface area contributed by atoms with E-state index < -0.39 is 5.97 Å². The van der Waals surface area contributed by atoms with Crippen LogP contribution >= 0.6 is 0 Å². The molecule has 0 bridgehead atoms. The molecule has 2 aromatic carbocycles. The van der Waals surface area contributed by atoms with Crippen molar-refractivity contribution in [2.24, 2.45) is 0 Å². The number of likely N-dealkylation sites (N-methyl/N-ethyl adjacent to an activating group) is 1. The van der Waals surface area contributed by atoms with E-state index in [9.17, 15) is 9.59 Å². The average Bonchev–Trinajstić information content (AvgIpc) is 2.50. The highest BCUT2D eigenvalue weighted by molar-refractivity contribution is 5.85. The quantitative estimate of drug-likeness (QED) is 0.887. The summed E-state index contributed by atoms with van der Waals surface area (Å²) in [5.74, 6) is -1.07. The van der Waals surface area contributed by atoms with Crippen LogP contribution in [0.4, 0.5) is 0 Å². The van der Waals surface area contributed by atoms with Crippen LogP contribution in [0.15, 0.2) is 42.5 Å². The van der Waals surface area contributed by atoms with Gasteiger partial charge in [0.1, 0.15) is 0 Å². The van der Waals surface area contributed by atoms with Gasteiger partial charge in [0.05, 0.1) is 6.42 Å². The number of hydrogen-bond donors (Lipinski definition) is 1. The third-order valence-electron chi connectivity index (χ3n) is 3.57. The maximum atomic E-state index is 11.8. The first-order valence-corrected chi connectivity index (χ1v) is 7.00. The number of carboxylic acid groups (broad SMARTS) is 1. The zero-order valence-electron chi connectivity index (χ0n) is 12.1. The number of carbonyl (C=O) groups is 2. The summed E-state index contributed by atoms with van der Waals surface area (Å²) in [4.78, 5) is 23.9. The summed E-state index contributed by atoms with van der Waals surface area (Å²) in [6.45, 7) is 0.590. The highest BCUT2D eigenvalue weighted by atomic mass is 16.4. The van der Waals surface area contributed by atoms with Gasteiger partial charge >= 0.3 is 5.97 Å². The summed E-state index contributed by atoms with van der Waals surface area (Å²) in [6, 6.07) is 14.3. The highest BCUT2D eigenvalue weighted by Gasteiger charge is 2.11. The van der Waals surface area contributed by atoms with Gasteiger partial charge in [-0.05, 0) is 22.8 Å². The lowest BCUT2D eigenvalue weighted by Crippen LogP contribution is -2.29. The van der Waals surface area contributed by atoms with Gasteiger partial charge in [0.25, 0.3) is 0 Å². The van der Waals surface area contributed by atoms with Crippen LogP contribution in [0.2, 0.25) is 0 Å². The van der Waals surface area contributed by atoms with Crippen LogP contribution in [0.1, 0.15) is 18.4 Å². The lowest BCUT2D eigenvalue weighted by molar-refractivity contribution is -0.140. The Kier molecular flexibility index (Phi) is 4.93. The average molecular weight is 285 g/mol. The fourth-order valence-corrected chi connectivity index (χ4v) is 2.33. The molecule has 0 saturated heterocycles. The van der Waals surface area contributed by atoms with Crippen LogP contribution in [0.25, 0.3) is 10.8 Å². The van der Waals surface area contributed by atoms with Gasteiger partial charge in [-0.2, -0.15) is 0 Å². The Morgan fingerprint density at radius 3 is 2.52 bits per heavy atom. The van der Waals surface area contributed by atoms with Crippen molar-refractivity contribution in [3.05, 3.63) is 48.0 Å². The second-order valence-corrected chi connectivity index (χ2v) is 5.10. The Bertz CT molecular complexity index is 646. The molecule has 110 valence electrons. The molecule has 0 aliphatic rings. The monoisotopic (exact) mass is 285 g/mol. The lowest BCUT2D eigenvalue weighted by Gasteiger charge is -2.17. The zero-order chi connectivity index (χ0) is 15.2. The van der Waals surface area contributed by atoms with Crippen LogP contribution in [0.3, 0.4) is 0 Å². The molecule has 0 spiro atoms. The van der Waals surface area contributed by atoms with Gasteiger partial charge in [-0.3, -0.25) is 9.59 Å². The molecule has 0 aliphatic heterocycles. The third kappa shape index (κ3) is 4.05. The molecule has 4 nitrogen and oxygen atoms in total. The third-order valence-corrected chi connectivity index (χ3v) is 3.57. The maximum Gasteiger partial charge on any atom is 0.303 e. The highest BCUT2D eigenvalue weighted by Crippen LogP contribution is 2.19. The van der Waals surface area contributed by atoms with Crippen molar-refractivity contribution < 1.29 is 14.7 Å². The molecule has 21 heavy (non-hydrogen) atoms. The molecular formula is C17H19NO3. The second-order valence-electron chi connectivity index (χ2n) is 5.10. The molecule has 1 amide bonds. The summed E-state index contributed by atoms with van der Waals surface area (Å²) in [6.07, 6.45) is 0.704. The van der Waals surface area contributed by atoms with Crippen molar-refractivity contribution in [1.82, 2.24) is 4.90 Å². The van der Waals surface area contributed by atoms with E-state index in [1.165, 1.54) is 16.3 Å². The first-order valence-electron chi connectivity index (χ1n) is 7.00. The minimum atomic E-state index is -0.939. The molecule has 1 N–H and O–H groups in total. The molecule has 0 unspecified atom stereocenters. The molecule has 2 rings (SSSR count). The summed E-state index contributed by atoms with van der Waals surface area (Å²) in [5, 5.41) is 11.0. The number of benzene rings is 2. The number of rotatable bonds is 6. The van der Waals surface area contributed by atoms with E-state index in [0.29, 0.717) is 6.54 Å². The topological polar surface area (TPSA) is 57.6 Å². The summed E-state index contributed by atoms with van der Waals surface area (Å²) >= 11 is 0. The van der Waals surface area contributed by atoms with Crippen molar-refractivity contribution in [2.75, 3.05) is 13.6 Å². The Labute approximate surface area is 124 Å². The van der Waals surface area contributed by atoms with Gasteiger partial charge in [0.15, 0.2) is 0 Å². The van der Waals surface area contributed by atoms with Crippen LogP contribution in [-0.4, -0.2) is 35.5 Å². The molecule has 0 fully saturated rings. The molecule has 0 saturated carbocycles. The first-order chi connectivity index (χ1) is 10.1. The van der Waals surface area contributed by atoms with Gasteiger partial charge in [0, 0.05) is 20.0 Å². The minimum Gasteiger partial charge on any atom is -0.481 e. The fourth-order valence-electron chi connectivity index (χ4n) is 2.33. The first kappa shape index (κ1) is 15.0. The predicted octanol–water partition coefficient (Wildman–Crippen LogP) is 2.71. The molecule has 4 heteroatoms. The molecule has 0 atom stereocenters. The normalized spacial score (nSPS) is 10.5. The Morgan fingerprint density at radius 2 is 1.76 bits per heavy atom. The SMILES string of the molecule is CN(CCc1cccc2ccccc12)C(=O)CCC(=O)O. The van der Waals surface area contributed by atoms with Crippen molar-refractivity contribution in [2.45, 2.75) is 19.3 Å². The molecular weight excluding hydrogens is 266 g/mol. The molecule has 0 aromatic heterocycles. The van der Waals surface area contributed by atoms with Crippen LogP contribution in [0, 0.1) is 0 Å². The van der Waals surface area contributed by atoms with Gasteiger partial charge in [-0.15, -0.1) is 0 Å². The van der Waals surface area contributed by atoms with Crippen LogP contribution in [-0.2, 0) is 16.0 Å². The van der Waals surface area contributed by atoms with Gasteiger partial charge in [-0.1, -0.05) is 42.5 Å². The summed E-state index contributed by atoms with van der Waals surface area (Å²) in [7, 11) is 1.72. The number of fused-ring (bicyclic) bond motifs is 1. The largest absolute Gasteiger partial charge is 0.481 e. The predicted molar refractivity (Wildman–Crippen MR) is 82.2 cm³/mol. The van der Waals surface area contributed by atoms with Crippen LogP contribution < -0.4 is 0 Å². The molecule has 0 heterocycles. The van der Waals surface area contributed by atoms with E-state index in [0.717, 1.165) is 6.42 Å². The second kappa shape index (κ2) is 6.88. The van der Waals surface area contributed by atoms with Crippen molar-refractivity contribution in [3.63, 3.8) is 0 Å². The molecule has 0 aliphatic carbocycles. The standard InChI is InChI=1S/C17H19NO3/c1-18(16(19)9-10-17(20)21)12-11-14-7-4-6-13-5-2-3-8-15(13)14/h2-8H,9-12H2,1H3,(H,20,21). The van der Waals surface area contributed by atoms with E-state index >= 15 is 0 Å². The van der Waals surface area contributed by atoms with Gasteiger partial charge < -0.3 is 10.0 Å². The van der Waals surface area contributed by atoms with Gasteiger partial charge in [0.2, 0.25) is 5.91 Å². The lowest BCUT2D eigenvalue weighted by atomic mass is 10.0. The Balaban J connectivity index is 1.98. The van der Waals surface area contributed by atoms with E-state index in [1.54, 1.807) is 11.9 Å².